The van der Waals surface area contributed by atoms with Gasteiger partial charge in [0, 0.05) is 6.04 Å². The highest BCUT2D eigenvalue weighted by molar-refractivity contribution is 5.94. The first kappa shape index (κ1) is 15.8. The van der Waals surface area contributed by atoms with E-state index in [2.05, 4.69) is 26.1 Å². The summed E-state index contributed by atoms with van der Waals surface area (Å²) < 4.78 is 5.36. The first-order valence-corrected chi connectivity index (χ1v) is 7.58. The molecule has 1 aliphatic rings. The number of carbonyl (C=O) groups excluding carboxylic acids is 1. The van der Waals surface area contributed by atoms with Crippen molar-refractivity contribution in [3.05, 3.63) is 23.8 Å². The maximum absolute atomic E-state index is 12.4. The summed E-state index contributed by atoms with van der Waals surface area (Å²) >= 11 is 0. The normalized spacial score (nSPS) is 22.1. The van der Waals surface area contributed by atoms with Crippen LogP contribution < -0.4 is 15.8 Å². The topological polar surface area (TPSA) is 64.3 Å². The summed E-state index contributed by atoms with van der Waals surface area (Å²) in [5.41, 5.74) is 7.93. The van der Waals surface area contributed by atoms with Crippen LogP contribution >= 0.6 is 0 Å². The average Bonchev–Trinajstić information content (AvgIpc) is 2.84. The number of nitrogens with two attached hydrogens (primary N) is 1. The van der Waals surface area contributed by atoms with Gasteiger partial charge in [-0.2, -0.15) is 0 Å². The molecule has 3 N–H and O–H groups in total. The first-order valence-electron chi connectivity index (χ1n) is 7.58. The predicted molar refractivity (Wildman–Crippen MR) is 85.6 cm³/mol. The van der Waals surface area contributed by atoms with E-state index < -0.39 is 0 Å². The van der Waals surface area contributed by atoms with Gasteiger partial charge in [-0.15, -0.1) is 0 Å². The van der Waals surface area contributed by atoms with Crippen molar-refractivity contribution in [3.8, 4) is 5.75 Å². The molecule has 2 atom stereocenters. The Morgan fingerprint density at radius 2 is 2.05 bits per heavy atom. The molecule has 116 valence electrons. The molecule has 0 heterocycles. The molecule has 0 aliphatic heterocycles. The molecule has 0 spiro atoms. The van der Waals surface area contributed by atoms with Crippen LogP contribution in [0.4, 0.5) is 5.69 Å². The average molecular weight is 290 g/mol. The zero-order valence-electron chi connectivity index (χ0n) is 13.4. The molecular weight excluding hydrogens is 264 g/mol. The van der Waals surface area contributed by atoms with Gasteiger partial charge in [0.15, 0.2) is 0 Å². The van der Waals surface area contributed by atoms with E-state index in [1.807, 2.05) is 18.2 Å². The second kappa shape index (κ2) is 6.06. The second-order valence-electron chi connectivity index (χ2n) is 6.86. The highest BCUT2D eigenvalue weighted by Crippen LogP contribution is 2.33. The Balaban J connectivity index is 2.23. The third kappa shape index (κ3) is 3.56. The molecule has 0 radical (unpaired) electrons. The van der Waals surface area contributed by atoms with Gasteiger partial charge < -0.3 is 15.8 Å². The Morgan fingerprint density at radius 3 is 2.57 bits per heavy atom. The summed E-state index contributed by atoms with van der Waals surface area (Å²) in [6.07, 6.45) is 2.82. The van der Waals surface area contributed by atoms with Crippen molar-refractivity contribution >= 4 is 11.6 Å². The third-order valence-corrected chi connectivity index (χ3v) is 4.23. The van der Waals surface area contributed by atoms with Crippen molar-refractivity contribution in [1.29, 1.82) is 0 Å². The molecule has 1 amide bonds. The lowest BCUT2D eigenvalue weighted by atomic mass is 9.86. The van der Waals surface area contributed by atoms with E-state index in [0.717, 1.165) is 30.5 Å². The van der Waals surface area contributed by atoms with Crippen molar-refractivity contribution in [1.82, 2.24) is 0 Å². The van der Waals surface area contributed by atoms with Crippen molar-refractivity contribution in [2.45, 2.75) is 51.5 Å². The molecule has 1 aliphatic carbocycles. The largest absolute Gasteiger partial charge is 0.495 e. The number of methoxy groups -OCH3 is 1. The highest BCUT2D eigenvalue weighted by atomic mass is 16.5. The van der Waals surface area contributed by atoms with E-state index in [1.165, 1.54) is 0 Å². The van der Waals surface area contributed by atoms with E-state index in [0.29, 0.717) is 5.75 Å². The summed E-state index contributed by atoms with van der Waals surface area (Å²) in [4.78, 5) is 12.4. The molecule has 0 saturated heterocycles. The fraction of sp³-hybridized carbons (Fsp3) is 0.588. The molecule has 4 nitrogen and oxygen atoms in total. The van der Waals surface area contributed by atoms with Crippen LogP contribution in [-0.4, -0.2) is 19.1 Å². The molecule has 2 unspecified atom stereocenters. The summed E-state index contributed by atoms with van der Waals surface area (Å²) in [6.45, 7) is 6.44. The Labute approximate surface area is 127 Å². The van der Waals surface area contributed by atoms with E-state index in [-0.39, 0.29) is 23.3 Å². The Hall–Kier alpha value is -1.55. The van der Waals surface area contributed by atoms with Crippen LogP contribution in [0.5, 0.6) is 5.75 Å². The SMILES string of the molecule is COc1ccc(C(C)(C)C)cc1NC(=O)C1CCCC1N. The van der Waals surface area contributed by atoms with Gasteiger partial charge in [-0.25, -0.2) is 0 Å². The van der Waals surface area contributed by atoms with Crippen molar-refractivity contribution in [2.24, 2.45) is 11.7 Å². The van der Waals surface area contributed by atoms with Crippen molar-refractivity contribution < 1.29 is 9.53 Å². The van der Waals surface area contributed by atoms with Gasteiger partial charge in [0.2, 0.25) is 5.91 Å². The standard InChI is InChI=1S/C17H26N2O2/c1-17(2,3)11-8-9-15(21-4)14(10-11)19-16(20)12-6-5-7-13(12)18/h8-10,12-13H,5-7,18H2,1-4H3,(H,19,20). The lowest BCUT2D eigenvalue weighted by molar-refractivity contribution is -0.120. The number of carbonyl (C=O) groups is 1. The number of nitrogens with one attached hydrogen (secondary N) is 1. The summed E-state index contributed by atoms with van der Waals surface area (Å²) in [7, 11) is 1.61. The number of hydrogen-bond acceptors (Lipinski definition) is 3. The lowest BCUT2D eigenvalue weighted by Crippen LogP contribution is -2.34. The van der Waals surface area contributed by atoms with Crippen LogP contribution in [0, 0.1) is 5.92 Å². The lowest BCUT2D eigenvalue weighted by Gasteiger charge is -2.22. The minimum Gasteiger partial charge on any atom is -0.495 e. The van der Waals surface area contributed by atoms with E-state index in [1.54, 1.807) is 7.11 Å². The van der Waals surface area contributed by atoms with Gasteiger partial charge in [0.25, 0.3) is 0 Å². The quantitative estimate of drug-likeness (QED) is 0.899. The van der Waals surface area contributed by atoms with Crippen LogP contribution in [0.3, 0.4) is 0 Å². The predicted octanol–water partition coefficient (Wildman–Crippen LogP) is 3.06. The van der Waals surface area contributed by atoms with Crippen LogP contribution in [0.2, 0.25) is 0 Å². The molecule has 1 fully saturated rings. The number of ether oxygens (including phenoxy) is 1. The summed E-state index contributed by atoms with van der Waals surface area (Å²) in [5, 5.41) is 3.00. The zero-order chi connectivity index (χ0) is 15.6. The molecule has 2 rings (SSSR count). The Morgan fingerprint density at radius 1 is 1.33 bits per heavy atom. The van der Waals surface area contributed by atoms with Gasteiger partial charge in [0.1, 0.15) is 5.75 Å². The molecule has 0 bridgehead atoms. The highest BCUT2D eigenvalue weighted by Gasteiger charge is 2.30. The van der Waals surface area contributed by atoms with E-state index in [9.17, 15) is 4.79 Å². The van der Waals surface area contributed by atoms with Crippen molar-refractivity contribution in [3.63, 3.8) is 0 Å². The molecule has 1 aromatic rings. The molecule has 4 heteroatoms. The summed E-state index contributed by atoms with van der Waals surface area (Å²) in [6, 6.07) is 5.92. The van der Waals surface area contributed by atoms with Gasteiger partial charge >= 0.3 is 0 Å². The molecule has 21 heavy (non-hydrogen) atoms. The number of hydrogen-bond donors (Lipinski definition) is 2. The van der Waals surface area contributed by atoms with Gasteiger partial charge in [0.05, 0.1) is 18.7 Å². The smallest absolute Gasteiger partial charge is 0.229 e. The first-order chi connectivity index (χ1) is 9.82. The van der Waals surface area contributed by atoms with E-state index in [4.69, 9.17) is 10.5 Å². The Kier molecular flexibility index (Phi) is 4.57. The van der Waals surface area contributed by atoms with Crippen LogP contribution in [0.25, 0.3) is 0 Å². The van der Waals surface area contributed by atoms with E-state index >= 15 is 0 Å². The monoisotopic (exact) mass is 290 g/mol. The fourth-order valence-corrected chi connectivity index (χ4v) is 2.81. The number of rotatable bonds is 3. The minimum absolute atomic E-state index is 0.00404. The maximum Gasteiger partial charge on any atom is 0.229 e. The van der Waals surface area contributed by atoms with Gasteiger partial charge in [-0.3, -0.25) is 4.79 Å². The number of amides is 1. The zero-order valence-corrected chi connectivity index (χ0v) is 13.4. The fourth-order valence-electron chi connectivity index (χ4n) is 2.81. The maximum atomic E-state index is 12.4. The van der Waals surface area contributed by atoms with Crippen molar-refractivity contribution in [2.75, 3.05) is 12.4 Å². The minimum atomic E-state index is -0.0898. The molecule has 0 aromatic heterocycles. The third-order valence-electron chi connectivity index (χ3n) is 4.23. The molecule has 1 aromatic carbocycles. The molecular formula is C17H26N2O2. The summed E-state index contributed by atoms with van der Waals surface area (Å²) in [5.74, 6) is 0.597. The number of anilines is 1. The molecule has 1 saturated carbocycles. The van der Waals surface area contributed by atoms with Crippen LogP contribution in [0.15, 0.2) is 18.2 Å². The Bertz CT molecular complexity index is 520. The van der Waals surface area contributed by atoms with Crippen LogP contribution in [0.1, 0.15) is 45.6 Å². The second-order valence-corrected chi connectivity index (χ2v) is 6.86. The van der Waals surface area contributed by atoms with Gasteiger partial charge in [-0.1, -0.05) is 33.3 Å². The number of benzene rings is 1. The van der Waals surface area contributed by atoms with Gasteiger partial charge in [-0.05, 0) is 36.0 Å². The van der Waals surface area contributed by atoms with Crippen LogP contribution in [-0.2, 0) is 10.2 Å².